The quantitative estimate of drug-likeness (QED) is 0.793. The number of carbonyl (C=O) groups excluding carboxylic acids is 2. The summed E-state index contributed by atoms with van der Waals surface area (Å²) in [5.74, 6) is -2.07. The van der Waals surface area contributed by atoms with Crippen LogP contribution in [0.25, 0.3) is 0 Å². The molecule has 0 aromatic heterocycles. The summed E-state index contributed by atoms with van der Waals surface area (Å²) in [4.78, 5) is 25.2. The van der Waals surface area contributed by atoms with Crippen molar-refractivity contribution in [2.45, 2.75) is 44.1 Å². The molecule has 0 unspecified atom stereocenters. The number of amides is 1. The lowest BCUT2D eigenvalue weighted by atomic mass is 9.79. The summed E-state index contributed by atoms with van der Waals surface area (Å²) in [6.07, 6.45) is 1.78. The number of hydrogen-bond donors (Lipinski definition) is 1. The van der Waals surface area contributed by atoms with Gasteiger partial charge in [-0.05, 0) is 49.6 Å². The van der Waals surface area contributed by atoms with E-state index in [2.05, 4.69) is 5.32 Å². The van der Waals surface area contributed by atoms with Crippen LogP contribution in [-0.2, 0) is 19.7 Å². The number of anilines is 1. The van der Waals surface area contributed by atoms with E-state index in [9.17, 15) is 18.4 Å². The number of para-hydroxylation sites is 1. The fraction of sp³-hybridized carbons (Fsp3) is 0.333. The Morgan fingerprint density at radius 2 is 1.67 bits per heavy atom. The topological polar surface area (TPSA) is 55.4 Å². The highest BCUT2D eigenvalue weighted by molar-refractivity contribution is 5.96. The third-order valence-electron chi connectivity index (χ3n) is 5.03. The smallest absolute Gasteiger partial charge is 0.317 e. The van der Waals surface area contributed by atoms with Crippen molar-refractivity contribution in [2.24, 2.45) is 0 Å². The monoisotopic (exact) mass is 373 g/mol. The van der Waals surface area contributed by atoms with Crippen molar-refractivity contribution in [3.05, 3.63) is 65.7 Å². The predicted molar refractivity (Wildman–Crippen MR) is 97.1 cm³/mol. The van der Waals surface area contributed by atoms with Crippen LogP contribution >= 0.6 is 0 Å². The van der Waals surface area contributed by atoms with Gasteiger partial charge in [0.25, 0.3) is 5.91 Å². The molecular formula is C21H21F2NO3. The second-order valence-corrected chi connectivity index (χ2v) is 6.81. The van der Waals surface area contributed by atoms with Gasteiger partial charge < -0.3 is 10.1 Å². The first kappa shape index (κ1) is 19.0. The molecule has 1 fully saturated rings. The van der Waals surface area contributed by atoms with E-state index in [0.29, 0.717) is 18.4 Å². The van der Waals surface area contributed by atoms with Gasteiger partial charge in [0.15, 0.2) is 6.10 Å². The van der Waals surface area contributed by atoms with E-state index in [4.69, 9.17) is 4.74 Å². The van der Waals surface area contributed by atoms with E-state index >= 15 is 0 Å². The van der Waals surface area contributed by atoms with Gasteiger partial charge in [0.2, 0.25) is 0 Å². The normalized spacial score (nSPS) is 16.6. The van der Waals surface area contributed by atoms with Crippen LogP contribution < -0.4 is 5.32 Å². The number of hydrogen-bond acceptors (Lipinski definition) is 3. The average molecular weight is 373 g/mol. The number of esters is 1. The van der Waals surface area contributed by atoms with E-state index < -0.39 is 29.2 Å². The largest absolute Gasteiger partial charge is 0.452 e. The summed E-state index contributed by atoms with van der Waals surface area (Å²) in [6, 6.07) is 11.6. The van der Waals surface area contributed by atoms with E-state index in [1.54, 1.807) is 18.2 Å². The maximum absolute atomic E-state index is 13.7. The Labute approximate surface area is 156 Å². The Balaban J connectivity index is 1.73. The van der Waals surface area contributed by atoms with Crippen LogP contribution in [0.2, 0.25) is 0 Å². The minimum absolute atomic E-state index is 0.0273. The van der Waals surface area contributed by atoms with Gasteiger partial charge >= 0.3 is 5.97 Å². The maximum atomic E-state index is 13.7. The Hall–Kier alpha value is -2.76. The standard InChI is InChI=1S/C21H21F2NO3/c1-14(19(25)24-18-7-3-2-6-17(18)23)27-20(26)21(12-4-5-13-21)15-8-10-16(22)11-9-15/h2-3,6-11,14H,4-5,12-13H2,1H3,(H,24,25)/t14-/m0/s1. The number of halogens is 2. The molecule has 0 saturated heterocycles. The number of ether oxygens (including phenoxy) is 1. The van der Waals surface area contributed by atoms with E-state index in [1.165, 1.54) is 37.3 Å². The summed E-state index contributed by atoms with van der Waals surface area (Å²) >= 11 is 0. The molecule has 2 aromatic carbocycles. The molecule has 2 aromatic rings. The fourth-order valence-corrected chi connectivity index (χ4v) is 3.48. The zero-order valence-corrected chi connectivity index (χ0v) is 15.0. The highest BCUT2D eigenvalue weighted by atomic mass is 19.1. The van der Waals surface area contributed by atoms with Crippen molar-refractivity contribution >= 4 is 17.6 Å². The number of nitrogens with one attached hydrogen (secondary N) is 1. The van der Waals surface area contributed by atoms with Crippen LogP contribution in [0.5, 0.6) is 0 Å². The lowest BCUT2D eigenvalue weighted by Gasteiger charge is -2.28. The average Bonchev–Trinajstić information content (AvgIpc) is 3.15. The number of benzene rings is 2. The van der Waals surface area contributed by atoms with Gasteiger partial charge in [-0.1, -0.05) is 37.1 Å². The molecule has 4 nitrogen and oxygen atoms in total. The van der Waals surface area contributed by atoms with Crippen molar-refractivity contribution in [2.75, 3.05) is 5.32 Å². The van der Waals surface area contributed by atoms with Crippen molar-refractivity contribution < 1.29 is 23.1 Å². The Morgan fingerprint density at radius 3 is 2.30 bits per heavy atom. The minimum atomic E-state index is -1.09. The molecule has 27 heavy (non-hydrogen) atoms. The third kappa shape index (κ3) is 3.99. The zero-order valence-electron chi connectivity index (χ0n) is 15.0. The van der Waals surface area contributed by atoms with Gasteiger partial charge in [0.05, 0.1) is 11.1 Å². The van der Waals surface area contributed by atoms with Gasteiger partial charge in [-0.2, -0.15) is 0 Å². The molecule has 1 N–H and O–H groups in total. The second-order valence-electron chi connectivity index (χ2n) is 6.81. The molecule has 0 bridgehead atoms. The van der Waals surface area contributed by atoms with Gasteiger partial charge in [0.1, 0.15) is 11.6 Å². The van der Waals surface area contributed by atoms with Gasteiger partial charge in [0, 0.05) is 0 Å². The van der Waals surface area contributed by atoms with Crippen molar-refractivity contribution in [3.63, 3.8) is 0 Å². The Bertz CT molecular complexity index is 830. The third-order valence-corrected chi connectivity index (χ3v) is 5.03. The molecule has 3 rings (SSSR count). The van der Waals surface area contributed by atoms with Crippen molar-refractivity contribution in [1.29, 1.82) is 0 Å². The molecule has 1 saturated carbocycles. The molecule has 1 atom stereocenters. The zero-order chi connectivity index (χ0) is 19.4. The van der Waals surface area contributed by atoms with Crippen LogP contribution in [-0.4, -0.2) is 18.0 Å². The molecule has 1 aliphatic rings. The summed E-state index contributed by atoms with van der Waals surface area (Å²) in [5.41, 5.74) is -0.159. The lowest BCUT2D eigenvalue weighted by Crippen LogP contribution is -2.40. The Morgan fingerprint density at radius 1 is 1.04 bits per heavy atom. The second kappa shape index (κ2) is 7.86. The van der Waals surface area contributed by atoms with E-state index in [1.807, 2.05) is 0 Å². The first-order valence-corrected chi connectivity index (χ1v) is 8.95. The molecule has 142 valence electrons. The molecule has 0 aliphatic heterocycles. The van der Waals surface area contributed by atoms with Crippen LogP contribution in [0.1, 0.15) is 38.2 Å². The summed E-state index contributed by atoms with van der Waals surface area (Å²) in [7, 11) is 0. The fourth-order valence-electron chi connectivity index (χ4n) is 3.48. The van der Waals surface area contributed by atoms with E-state index in [0.717, 1.165) is 12.8 Å². The minimum Gasteiger partial charge on any atom is -0.452 e. The number of rotatable bonds is 5. The molecule has 0 heterocycles. The first-order valence-electron chi connectivity index (χ1n) is 8.95. The lowest BCUT2D eigenvalue weighted by molar-refractivity contribution is -0.159. The predicted octanol–water partition coefficient (Wildman–Crippen LogP) is 4.35. The SMILES string of the molecule is C[C@H](OC(=O)C1(c2ccc(F)cc2)CCCC1)C(=O)Nc1ccccc1F. The van der Waals surface area contributed by atoms with Crippen molar-refractivity contribution in [1.82, 2.24) is 0 Å². The maximum Gasteiger partial charge on any atom is 0.317 e. The van der Waals surface area contributed by atoms with Crippen LogP contribution in [0.4, 0.5) is 14.5 Å². The van der Waals surface area contributed by atoms with Crippen molar-refractivity contribution in [3.8, 4) is 0 Å². The van der Waals surface area contributed by atoms with Crippen LogP contribution in [0.15, 0.2) is 48.5 Å². The number of carbonyl (C=O) groups is 2. The molecule has 1 amide bonds. The highest BCUT2D eigenvalue weighted by Gasteiger charge is 2.45. The summed E-state index contributed by atoms with van der Waals surface area (Å²) < 4.78 is 32.4. The molecule has 0 radical (unpaired) electrons. The molecule has 1 aliphatic carbocycles. The highest BCUT2D eigenvalue weighted by Crippen LogP contribution is 2.42. The first-order chi connectivity index (χ1) is 12.9. The van der Waals surface area contributed by atoms with E-state index in [-0.39, 0.29) is 11.5 Å². The molecule has 0 spiro atoms. The van der Waals surface area contributed by atoms with Gasteiger partial charge in [-0.3, -0.25) is 9.59 Å². The van der Waals surface area contributed by atoms with Crippen LogP contribution in [0, 0.1) is 11.6 Å². The molecule has 6 heteroatoms. The summed E-state index contributed by atoms with van der Waals surface area (Å²) in [6.45, 7) is 1.45. The van der Waals surface area contributed by atoms with Crippen LogP contribution in [0.3, 0.4) is 0 Å². The Kier molecular flexibility index (Phi) is 5.54. The van der Waals surface area contributed by atoms with Gasteiger partial charge in [-0.25, -0.2) is 8.78 Å². The molecular weight excluding hydrogens is 352 g/mol. The summed E-state index contributed by atoms with van der Waals surface area (Å²) in [5, 5.41) is 2.42. The van der Waals surface area contributed by atoms with Gasteiger partial charge in [-0.15, -0.1) is 0 Å².